The molecular formula is C71H96N10O. The van der Waals surface area contributed by atoms with E-state index in [1.165, 1.54) is 46.2 Å². The Labute approximate surface area is 493 Å². The highest BCUT2D eigenvalue weighted by atomic mass is 16.2. The van der Waals surface area contributed by atoms with E-state index in [9.17, 15) is 4.79 Å². The van der Waals surface area contributed by atoms with Gasteiger partial charge in [0, 0.05) is 49.1 Å². The van der Waals surface area contributed by atoms with Gasteiger partial charge in [0.05, 0.1) is 11.1 Å². The van der Waals surface area contributed by atoms with Gasteiger partial charge in [0.1, 0.15) is 0 Å². The molecule has 11 nitrogen and oxygen atoms in total. The topological polar surface area (TPSA) is 145 Å². The van der Waals surface area contributed by atoms with E-state index in [4.69, 9.17) is 11.1 Å². The molecule has 2 amide bonds. The first kappa shape index (κ1) is 64.3. The van der Waals surface area contributed by atoms with Gasteiger partial charge in [-0.15, -0.1) is 0 Å². The van der Waals surface area contributed by atoms with E-state index in [0.29, 0.717) is 13.1 Å². The number of hydrogen-bond acceptors (Lipinski definition) is 5. The summed E-state index contributed by atoms with van der Waals surface area (Å²) in [5.74, 6) is 0. The molecule has 0 aliphatic carbocycles. The van der Waals surface area contributed by atoms with E-state index in [-0.39, 0.29) is 6.03 Å². The Bertz CT molecular complexity index is 2290. The summed E-state index contributed by atoms with van der Waals surface area (Å²) in [6.45, 7) is 6.14. The number of unbranched alkanes of at least 4 members (excludes halogenated alkanes) is 20. The van der Waals surface area contributed by atoms with Gasteiger partial charge in [-0.25, -0.2) is 4.79 Å². The van der Waals surface area contributed by atoms with Crippen LogP contribution in [0.15, 0.2) is 192 Å². The van der Waals surface area contributed by atoms with Crippen molar-refractivity contribution in [1.29, 1.82) is 0 Å². The van der Waals surface area contributed by atoms with Crippen molar-refractivity contribution in [1.82, 2.24) is 20.4 Å². The summed E-state index contributed by atoms with van der Waals surface area (Å²) < 4.78 is 0. The first-order valence-electron chi connectivity index (χ1n) is 31.5. The zero-order chi connectivity index (χ0) is 57.3. The summed E-state index contributed by atoms with van der Waals surface area (Å²) in [7, 11) is 0. The fraction of sp³-hybridized carbons (Fsp3) is 0.479. The molecule has 0 bridgehead atoms. The van der Waals surface area contributed by atoms with Gasteiger partial charge in [0.25, 0.3) is 0 Å². The van der Waals surface area contributed by atoms with Gasteiger partial charge >= 0.3 is 6.03 Å². The Morgan fingerprint density at radius 1 is 0.317 bits per heavy atom. The molecule has 436 valence electrons. The van der Waals surface area contributed by atoms with Crippen LogP contribution in [-0.4, -0.2) is 68.2 Å². The van der Waals surface area contributed by atoms with E-state index in [2.05, 4.69) is 222 Å². The Morgan fingerprint density at radius 2 is 0.524 bits per heavy atom. The van der Waals surface area contributed by atoms with E-state index in [1.807, 2.05) is 0 Å². The molecule has 0 aliphatic rings. The molecule has 0 radical (unpaired) electrons. The molecule has 6 aromatic carbocycles. The summed E-state index contributed by atoms with van der Waals surface area (Å²) in [5.41, 5.74) is 23.9. The van der Waals surface area contributed by atoms with E-state index in [0.717, 1.165) is 181 Å². The van der Waals surface area contributed by atoms with Gasteiger partial charge in [-0.2, -0.15) is 0 Å². The number of urea groups is 1. The third-order valence-corrected chi connectivity index (χ3v) is 16.3. The lowest BCUT2D eigenvalue weighted by molar-refractivity contribution is 0.148. The Morgan fingerprint density at radius 3 is 0.756 bits per heavy atom. The van der Waals surface area contributed by atoms with Crippen LogP contribution < -0.4 is 10.6 Å². The number of rotatable bonds is 44. The zero-order valence-corrected chi connectivity index (χ0v) is 49.4. The summed E-state index contributed by atoms with van der Waals surface area (Å²) in [4.78, 5) is 25.0. The number of amides is 2. The van der Waals surface area contributed by atoms with Crippen molar-refractivity contribution < 1.29 is 4.79 Å². The van der Waals surface area contributed by atoms with Crippen molar-refractivity contribution >= 4 is 6.03 Å². The van der Waals surface area contributed by atoms with Gasteiger partial charge in [0.15, 0.2) is 0 Å². The molecule has 82 heavy (non-hydrogen) atoms. The highest BCUT2D eigenvalue weighted by Crippen LogP contribution is 2.38. The second-order valence-corrected chi connectivity index (χ2v) is 22.2. The predicted octanol–water partition coefficient (Wildman–Crippen LogP) is 18.9. The highest BCUT2D eigenvalue weighted by molar-refractivity contribution is 5.74. The first-order chi connectivity index (χ1) is 40.6. The molecule has 11 heteroatoms. The summed E-state index contributed by atoms with van der Waals surface area (Å²) >= 11 is 0. The van der Waals surface area contributed by atoms with Gasteiger partial charge < -0.3 is 9.80 Å². The molecule has 0 saturated heterocycles. The third-order valence-electron chi connectivity index (χ3n) is 16.3. The normalized spacial score (nSPS) is 11.4. The minimum Gasteiger partial charge on any atom is -0.325 e. The van der Waals surface area contributed by atoms with E-state index >= 15 is 0 Å². The maximum atomic E-state index is 14.8. The van der Waals surface area contributed by atoms with Crippen LogP contribution in [0.4, 0.5) is 4.79 Å². The van der Waals surface area contributed by atoms with E-state index in [1.54, 1.807) is 0 Å². The van der Waals surface area contributed by atoms with Crippen LogP contribution >= 0.6 is 0 Å². The maximum absolute atomic E-state index is 14.8. The molecule has 0 saturated carbocycles. The molecule has 0 aliphatic heterocycles. The quantitative estimate of drug-likeness (QED) is 0.0129. The predicted molar refractivity (Wildman–Crippen MR) is 342 cm³/mol. The molecular weight excluding hydrogens is 1010 g/mol. The van der Waals surface area contributed by atoms with Crippen LogP contribution in [0.2, 0.25) is 0 Å². The number of carbonyl (C=O) groups is 1. The van der Waals surface area contributed by atoms with Crippen LogP contribution in [0.25, 0.3) is 20.9 Å². The lowest BCUT2D eigenvalue weighted by atomic mass is 9.77. The second-order valence-electron chi connectivity index (χ2n) is 22.2. The maximum Gasteiger partial charge on any atom is 0.319 e. The van der Waals surface area contributed by atoms with Gasteiger partial charge in [0.2, 0.25) is 0 Å². The minimum absolute atomic E-state index is 0.221. The van der Waals surface area contributed by atoms with Crippen molar-refractivity contribution in [3.63, 3.8) is 0 Å². The standard InChI is InChI=1S/C71H96N10O/c72-78-76-57-37-11-3-7-15-41-61-80(59-39-13-5-1-9-35-55-74-70(63-43-23-17-24-44-63,64-45-25-18-26-46-64)65-47-27-19-28-48-65)69(82)81(62-42-16-8-4-12-38-58-77-79-73)60-40-14-6-2-10-36-56-75-71(66-49-29-20-30-50-66,67-51-31-21-32-52-67)68-53-33-22-34-54-68/h17-34,43-54,74-75H,1-16,35-42,55-62H2. The molecule has 0 spiro atoms. The molecule has 2 N–H and O–H groups in total. The van der Waals surface area contributed by atoms with Crippen molar-refractivity contribution in [2.45, 2.75) is 165 Å². The van der Waals surface area contributed by atoms with Crippen molar-refractivity contribution in [2.24, 2.45) is 10.2 Å². The molecule has 0 atom stereocenters. The zero-order valence-electron chi connectivity index (χ0n) is 49.4. The minimum atomic E-state index is -0.446. The van der Waals surface area contributed by atoms with Crippen molar-refractivity contribution in [3.05, 3.63) is 236 Å². The van der Waals surface area contributed by atoms with Gasteiger partial charge in [-0.1, -0.05) is 295 Å². The molecule has 0 heterocycles. The van der Waals surface area contributed by atoms with Crippen molar-refractivity contribution in [2.75, 3.05) is 52.4 Å². The average molecular weight is 1110 g/mol. The van der Waals surface area contributed by atoms with Crippen LogP contribution in [0.1, 0.15) is 187 Å². The molecule has 6 aromatic rings. The summed E-state index contributed by atoms with van der Waals surface area (Å²) in [6.07, 6.45) is 26.2. The van der Waals surface area contributed by atoms with Crippen LogP contribution in [0.5, 0.6) is 0 Å². The lowest BCUT2D eigenvalue weighted by Gasteiger charge is -2.37. The number of nitrogens with zero attached hydrogens (tertiary/aromatic N) is 8. The number of azide groups is 2. The monoisotopic (exact) mass is 1100 g/mol. The first-order valence-corrected chi connectivity index (χ1v) is 31.5. The molecule has 0 aromatic heterocycles. The number of benzene rings is 6. The summed E-state index contributed by atoms with van der Waals surface area (Å²) in [5, 5.41) is 15.5. The molecule has 6 rings (SSSR count). The SMILES string of the molecule is [N-]=[N+]=NCCCCCCCCN(CCCCCCCCNC(c1ccccc1)(c1ccccc1)c1ccccc1)C(=O)N(CCCCCCCCN=[N+]=[N-])CCCCCCCCNC(c1ccccc1)(c1ccccc1)c1ccccc1. The Balaban J connectivity index is 1.00. The smallest absolute Gasteiger partial charge is 0.319 e. The largest absolute Gasteiger partial charge is 0.325 e. The fourth-order valence-electron chi connectivity index (χ4n) is 11.8. The lowest BCUT2D eigenvalue weighted by Crippen LogP contribution is -2.45. The van der Waals surface area contributed by atoms with Gasteiger partial charge in [-0.3, -0.25) is 10.6 Å². The summed E-state index contributed by atoms with van der Waals surface area (Å²) in [6, 6.07) is 65.4. The fourth-order valence-corrected chi connectivity index (χ4v) is 11.8. The second kappa shape index (κ2) is 39.5. The number of hydrogen-bond donors (Lipinski definition) is 2. The highest BCUT2D eigenvalue weighted by Gasteiger charge is 2.37. The van der Waals surface area contributed by atoms with Crippen LogP contribution in [0, 0.1) is 0 Å². The third kappa shape index (κ3) is 21.5. The Hall–Kier alpha value is -6.87. The van der Waals surface area contributed by atoms with Crippen LogP contribution in [-0.2, 0) is 11.1 Å². The van der Waals surface area contributed by atoms with Gasteiger partial charge in [-0.05, 0) is 109 Å². The number of nitrogens with one attached hydrogen (secondary N) is 2. The molecule has 0 unspecified atom stereocenters. The van der Waals surface area contributed by atoms with Crippen molar-refractivity contribution in [3.8, 4) is 0 Å². The average Bonchev–Trinajstić information content (AvgIpc) is 3.70. The Kier molecular flexibility index (Phi) is 31.0. The number of carbonyl (C=O) groups excluding carboxylic acids is 1. The van der Waals surface area contributed by atoms with Crippen LogP contribution in [0.3, 0.4) is 0 Å². The van der Waals surface area contributed by atoms with E-state index < -0.39 is 11.1 Å². The molecule has 0 fully saturated rings.